The summed E-state index contributed by atoms with van der Waals surface area (Å²) in [6.07, 6.45) is 4.60. The van der Waals surface area contributed by atoms with E-state index in [9.17, 15) is 0 Å². The quantitative estimate of drug-likeness (QED) is 0.615. The van der Waals surface area contributed by atoms with Gasteiger partial charge in [0.05, 0.1) is 0 Å². The SMILES string of the molecule is NNc1nc(N2CCCSCC2)nc(-n2cccn2)n1. The highest BCUT2D eigenvalue weighted by Crippen LogP contribution is 2.17. The number of rotatable bonds is 3. The van der Waals surface area contributed by atoms with Gasteiger partial charge in [-0.1, -0.05) is 0 Å². The minimum absolute atomic E-state index is 0.345. The Bertz CT molecular complexity index is 550. The molecule has 106 valence electrons. The van der Waals surface area contributed by atoms with E-state index in [1.165, 1.54) is 5.75 Å². The summed E-state index contributed by atoms with van der Waals surface area (Å²) in [6, 6.07) is 1.82. The number of nitrogens with one attached hydrogen (secondary N) is 1. The van der Waals surface area contributed by atoms with E-state index in [0.29, 0.717) is 17.8 Å². The Labute approximate surface area is 120 Å². The lowest BCUT2D eigenvalue weighted by molar-refractivity contribution is 0.747. The molecule has 0 saturated carbocycles. The van der Waals surface area contributed by atoms with E-state index in [-0.39, 0.29) is 0 Å². The third-order valence-electron chi connectivity index (χ3n) is 2.96. The Hall–Kier alpha value is -1.87. The highest BCUT2D eigenvalue weighted by molar-refractivity contribution is 7.99. The topological polar surface area (TPSA) is 97.8 Å². The molecule has 1 aliphatic heterocycles. The molecule has 3 heterocycles. The van der Waals surface area contributed by atoms with Crippen LogP contribution in [-0.2, 0) is 0 Å². The van der Waals surface area contributed by atoms with Crippen molar-refractivity contribution in [2.24, 2.45) is 5.84 Å². The molecule has 20 heavy (non-hydrogen) atoms. The van der Waals surface area contributed by atoms with Crippen molar-refractivity contribution in [3.8, 4) is 5.95 Å². The van der Waals surface area contributed by atoms with Crippen molar-refractivity contribution >= 4 is 23.7 Å². The van der Waals surface area contributed by atoms with Gasteiger partial charge in [-0.3, -0.25) is 5.43 Å². The van der Waals surface area contributed by atoms with Crippen molar-refractivity contribution in [1.29, 1.82) is 0 Å². The Kier molecular flexibility index (Phi) is 3.97. The fraction of sp³-hybridized carbons (Fsp3) is 0.455. The highest BCUT2D eigenvalue weighted by Gasteiger charge is 2.16. The largest absolute Gasteiger partial charge is 0.340 e. The van der Waals surface area contributed by atoms with Gasteiger partial charge in [-0.05, 0) is 18.2 Å². The molecule has 2 aromatic rings. The van der Waals surface area contributed by atoms with E-state index < -0.39 is 0 Å². The third-order valence-corrected chi connectivity index (χ3v) is 4.00. The summed E-state index contributed by atoms with van der Waals surface area (Å²) in [5.74, 6) is 9.15. The first-order chi connectivity index (χ1) is 9.86. The number of nitrogens with zero attached hydrogens (tertiary/aromatic N) is 6. The van der Waals surface area contributed by atoms with Gasteiger partial charge in [0.25, 0.3) is 5.95 Å². The Morgan fingerprint density at radius 2 is 2.05 bits per heavy atom. The zero-order valence-corrected chi connectivity index (χ0v) is 11.8. The zero-order valence-electron chi connectivity index (χ0n) is 10.9. The van der Waals surface area contributed by atoms with Crippen molar-refractivity contribution in [2.45, 2.75) is 6.42 Å². The predicted octanol–water partition coefficient (Wildman–Crippen LogP) is 0.286. The van der Waals surface area contributed by atoms with Crippen molar-refractivity contribution in [3.63, 3.8) is 0 Å². The Morgan fingerprint density at radius 3 is 2.85 bits per heavy atom. The first-order valence-electron chi connectivity index (χ1n) is 6.42. The minimum atomic E-state index is 0.345. The molecule has 0 aromatic carbocycles. The van der Waals surface area contributed by atoms with Gasteiger partial charge in [0, 0.05) is 31.2 Å². The van der Waals surface area contributed by atoms with Crippen LogP contribution in [0.25, 0.3) is 5.95 Å². The summed E-state index contributed by atoms with van der Waals surface area (Å²) >= 11 is 1.96. The molecule has 0 bridgehead atoms. The molecule has 9 heteroatoms. The number of aromatic nitrogens is 5. The lowest BCUT2D eigenvalue weighted by Gasteiger charge is -2.20. The molecule has 0 spiro atoms. The van der Waals surface area contributed by atoms with Crippen LogP contribution < -0.4 is 16.2 Å². The first-order valence-corrected chi connectivity index (χ1v) is 7.58. The molecule has 0 aliphatic carbocycles. The molecule has 1 aliphatic rings. The summed E-state index contributed by atoms with van der Waals surface area (Å²) in [7, 11) is 0. The van der Waals surface area contributed by atoms with Gasteiger partial charge >= 0.3 is 0 Å². The van der Waals surface area contributed by atoms with Gasteiger partial charge < -0.3 is 4.90 Å². The summed E-state index contributed by atoms with van der Waals surface area (Å²) < 4.78 is 1.60. The first kappa shape index (κ1) is 13.1. The van der Waals surface area contributed by atoms with E-state index >= 15 is 0 Å². The summed E-state index contributed by atoms with van der Waals surface area (Å²) in [6.45, 7) is 1.87. The molecule has 0 amide bonds. The predicted molar refractivity (Wildman–Crippen MR) is 78.9 cm³/mol. The molecule has 0 radical (unpaired) electrons. The van der Waals surface area contributed by atoms with Crippen molar-refractivity contribution in [1.82, 2.24) is 24.7 Å². The van der Waals surface area contributed by atoms with Gasteiger partial charge in [-0.2, -0.15) is 31.8 Å². The maximum atomic E-state index is 5.45. The number of hydrogen-bond acceptors (Lipinski definition) is 8. The van der Waals surface area contributed by atoms with Gasteiger partial charge in [0.1, 0.15) is 0 Å². The van der Waals surface area contributed by atoms with E-state index in [0.717, 1.165) is 25.3 Å². The maximum absolute atomic E-state index is 5.45. The van der Waals surface area contributed by atoms with E-state index in [4.69, 9.17) is 5.84 Å². The fourth-order valence-electron chi connectivity index (χ4n) is 2.00. The minimum Gasteiger partial charge on any atom is -0.340 e. The number of thioether (sulfide) groups is 1. The molecular weight excluding hydrogens is 276 g/mol. The maximum Gasteiger partial charge on any atom is 0.257 e. The number of nitrogens with two attached hydrogens (primary N) is 1. The molecular formula is C11H16N8S. The number of nitrogen functional groups attached to an aromatic ring is 1. The average Bonchev–Trinajstić information content (AvgIpc) is 2.89. The second kappa shape index (κ2) is 6.06. The molecule has 1 saturated heterocycles. The number of anilines is 2. The molecule has 0 atom stereocenters. The van der Waals surface area contributed by atoms with Crippen LogP contribution in [0.1, 0.15) is 6.42 Å². The third kappa shape index (κ3) is 2.83. The van der Waals surface area contributed by atoms with Gasteiger partial charge in [0.15, 0.2) is 0 Å². The van der Waals surface area contributed by atoms with Crippen LogP contribution in [0, 0.1) is 0 Å². The van der Waals surface area contributed by atoms with E-state index in [1.54, 1.807) is 17.1 Å². The van der Waals surface area contributed by atoms with Crippen LogP contribution in [0.3, 0.4) is 0 Å². The standard InChI is InChI=1S/C11H16N8S/c12-17-9-14-10(18-4-2-7-20-8-6-18)16-11(15-9)19-5-1-3-13-19/h1,3,5H,2,4,6-8,12H2,(H,14,15,16,17). The smallest absolute Gasteiger partial charge is 0.257 e. The second-order valence-electron chi connectivity index (χ2n) is 4.31. The summed E-state index contributed by atoms with van der Waals surface area (Å²) in [5.41, 5.74) is 2.49. The van der Waals surface area contributed by atoms with Gasteiger partial charge in [-0.15, -0.1) is 0 Å². The molecule has 3 N–H and O–H groups in total. The Morgan fingerprint density at radius 1 is 1.15 bits per heavy atom. The molecule has 8 nitrogen and oxygen atoms in total. The van der Waals surface area contributed by atoms with E-state index in [2.05, 4.69) is 30.4 Å². The monoisotopic (exact) mass is 292 g/mol. The fourth-order valence-corrected chi connectivity index (χ4v) is 2.88. The zero-order chi connectivity index (χ0) is 13.8. The van der Waals surface area contributed by atoms with Crippen LogP contribution in [0.4, 0.5) is 11.9 Å². The summed E-state index contributed by atoms with van der Waals surface area (Å²) in [5, 5.41) is 4.14. The lowest BCUT2D eigenvalue weighted by Crippen LogP contribution is -2.29. The Balaban J connectivity index is 1.95. The van der Waals surface area contributed by atoms with E-state index in [1.807, 2.05) is 17.8 Å². The molecule has 3 rings (SSSR count). The average molecular weight is 292 g/mol. The van der Waals surface area contributed by atoms with Crippen LogP contribution in [0.2, 0.25) is 0 Å². The van der Waals surface area contributed by atoms with Crippen LogP contribution in [0.5, 0.6) is 0 Å². The molecule has 0 unspecified atom stereocenters. The summed E-state index contributed by atoms with van der Waals surface area (Å²) in [4.78, 5) is 15.2. The van der Waals surface area contributed by atoms with Crippen LogP contribution in [0.15, 0.2) is 18.5 Å². The van der Waals surface area contributed by atoms with Crippen LogP contribution >= 0.6 is 11.8 Å². The van der Waals surface area contributed by atoms with Crippen molar-refractivity contribution in [2.75, 3.05) is 34.9 Å². The second-order valence-corrected chi connectivity index (χ2v) is 5.53. The van der Waals surface area contributed by atoms with Crippen molar-refractivity contribution < 1.29 is 0 Å². The van der Waals surface area contributed by atoms with Gasteiger partial charge in [0.2, 0.25) is 11.9 Å². The molecule has 2 aromatic heterocycles. The lowest BCUT2D eigenvalue weighted by atomic mass is 10.4. The molecule has 1 fully saturated rings. The highest BCUT2D eigenvalue weighted by atomic mass is 32.2. The van der Waals surface area contributed by atoms with Gasteiger partial charge in [-0.25, -0.2) is 10.5 Å². The van der Waals surface area contributed by atoms with Crippen molar-refractivity contribution in [3.05, 3.63) is 18.5 Å². The van der Waals surface area contributed by atoms with Crippen LogP contribution in [-0.4, -0.2) is 49.3 Å². The number of hydrazine groups is 1. The normalized spacial score (nSPS) is 15.9. The number of hydrogen-bond donors (Lipinski definition) is 2.